The Bertz CT molecular complexity index is 3770. The van der Waals surface area contributed by atoms with Gasteiger partial charge in [-0.15, -0.1) is 142 Å². The van der Waals surface area contributed by atoms with Crippen LogP contribution in [-0.2, 0) is 102 Å². The largest absolute Gasteiger partial charge is 0.512 e. The van der Waals surface area contributed by atoms with E-state index in [0.29, 0.717) is 0 Å². The minimum Gasteiger partial charge on any atom is -0.512 e. The first-order valence-corrected chi connectivity index (χ1v) is 28.6. The number of aromatic nitrogens is 4. The molecule has 11 aromatic rings. The summed E-state index contributed by atoms with van der Waals surface area (Å²) < 4.78 is 0. The zero-order chi connectivity index (χ0) is 60.1. The molecule has 0 saturated heterocycles. The molecule has 7 aromatic carbocycles. The summed E-state index contributed by atoms with van der Waals surface area (Å²) in [5.41, 5.74) is 10.0. The minimum absolute atomic E-state index is 0. The Labute approximate surface area is 575 Å². The number of nitrogens with zero attached hydrogens (tertiary/aromatic N) is 4. The van der Waals surface area contributed by atoms with E-state index in [1.807, 2.05) is 110 Å². The molecular formula is C76H76Ir4N4O4-4. The van der Waals surface area contributed by atoms with Gasteiger partial charge in [0.05, 0.1) is 11.5 Å². The standard InChI is InChI=1S/C19H18N.C19H24N.C15H10N.C13H8N.2C5H8O2.4Ir/c1-19(2,3)16-10-8-15(9-11-16)18-17-7-5-4-6-14(17)12-13-20-18;1-2-3-4-5-6-7-10-17-12-14-18(15-13-17)19-11-8-9-16-20-19;1-2-7-13(8-3-1)15-14-9-5-4-6-12(14)10-11-16-15;1-2-6-12-10(4-1)7-8-11-5-3-9-14-13(11)12;2*1-4(6)3-5(2)7;;;;/h4-8,10-13H,1-3H3;8-9,11-14,16H,2-7,10H2,1H3;1-7,9-11H;1-5,7-9H;2*3,6H,1-2H3;;;;/q4*-1;;;;;;. The third-order valence-electron chi connectivity index (χ3n) is 13.1. The van der Waals surface area contributed by atoms with E-state index >= 15 is 0 Å². The van der Waals surface area contributed by atoms with Crippen molar-refractivity contribution in [3.8, 4) is 33.8 Å². The average molecular weight is 1880 g/mol. The Morgan fingerprint density at radius 1 is 0.455 bits per heavy atom. The maximum Gasteiger partial charge on any atom is 0.155 e. The fourth-order valence-corrected chi connectivity index (χ4v) is 8.97. The van der Waals surface area contributed by atoms with Crippen LogP contribution in [0.1, 0.15) is 105 Å². The number of aliphatic hydroxyl groups excluding tert-OH is 2. The van der Waals surface area contributed by atoms with Gasteiger partial charge in [0.2, 0.25) is 0 Å². The Morgan fingerprint density at radius 3 is 1.50 bits per heavy atom. The Hall–Kier alpha value is -6.80. The number of carbonyl (C=O) groups excluding carboxylic acids is 2. The summed E-state index contributed by atoms with van der Waals surface area (Å²) >= 11 is 0. The molecule has 464 valence electrons. The summed E-state index contributed by atoms with van der Waals surface area (Å²) in [5.74, 6) is -0.125. The van der Waals surface area contributed by atoms with E-state index in [4.69, 9.17) is 10.2 Å². The molecule has 8 nitrogen and oxygen atoms in total. The second-order valence-corrected chi connectivity index (χ2v) is 21.2. The van der Waals surface area contributed by atoms with Crippen LogP contribution in [0, 0.1) is 24.3 Å². The van der Waals surface area contributed by atoms with Gasteiger partial charge >= 0.3 is 0 Å². The molecule has 4 aromatic heterocycles. The number of fused-ring (bicyclic) bond motifs is 5. The van der Waals surface area contributed by atoms with Gasteiger partial charge in [0, 0.05) is 117 Å². The van der Waals surface area contributed by atoms with Crippen LogP contribution in [0.3, 0.4) is 0 Å². The molecule has 0 bridgehead atoms. The number of benzene rings is 7. The molecule has 2 N–H and O–H groups in total. The normalized spacial score (nSPS) is 10.5. The van der Waals surface area contributed by atoms with Crippen LogP contribution in [0.5, 0.6) is 0 Å². The van der Waals surface area contributed by atoms with Crippen LogP contribution in [0.4, 0.5) is 0 Å². The number of aliphatic hydroxyl groups is 2. The Balaban J connectivity index is 0.000000370. The summed E-state index contributed by atoms with van der Waals surface area (Å²) in [5, 5.41) is 25.0. The fraction of sp³-hybridized carbons (Fsp3) is 0.211. The third kappa shape index (κ3) is 26.1. The van der Waals surface area contributed by atoms with Gasteiger partial charge in [-0.25, -0.2) is 0 Å². The second kappa shape index (κ2) is 41.4. The van der Waals surface area contributed by atoms with Gasteiger partial charge in [-0.3, -0.25) is 9.59 Å². The Morgan fingerprint density at radius 2 is 0.977 bits per heavy atom. The quantitative estimate of drug-likeness (QED) is 0.0407. The van der Waals surface area contributed by atoms with Crippen LogP contribution in [0.15, 0.2) is 230 Å². The number of carbonyl (C=O) groups is 2. The van der Waals surface area contributed by atoms with E-state index in [1.54, 1.807) is 0 Å². The number of unbranched alkanes of at least 4 members (excludes halogenated alkanes) is 5. The van der Waals surface area contributed by atoms with Crippen LogP contribution >= 0.6 is 0 Å². The number of rotatable bonds is 12. The first-order valence-electron chi connectivity index (χ1n) is 28.6. The van der Waals surface area contributed by atoms with E-state index in [2.05, 4.69) is 169 Å². The summed E-state index contributed by atoms with van der Waals surface area (Å²) in [4.78, 5) is 37.7. The smallest absolute Gasteiger partial charge is 0.155 e. The summed E-state index contributed by atoms with van der Waals surface area (Å²) in [7, 11) is 0. The Kier molecular flexibility index (Phi) is 36.4. The van der Waals surface area contributed by atoms with Crippen molar-refractivity contribution in [1.29, 1.82) is 0 Å². The third-order valence-corrected chi connectivity index (χ3v) is 13.1. The number of allylic oxidation sites excluding steroid dienone is 4. The molecule has 12 heteroatoms. The number of hydrogen-bond donors (Lipinski definition) is 2. The molecule has 0 spiro atoms. The number of ketones is 2. The SMILES string of the molecule is CC(=O)C=C(C)O.CC(=O)C=C(C)O.CC(C)(C)c1c[c-]c(-c2nccc3ccccc23)cc1.CCCCCCCCc1c[c-]c(-c2ccccn2)cc1.[Ir].[Ir].[Ir].[Ir].[c-]1cccc2ccc3cccnc3c12.[c-]1ccccc1-c1nccc2ccccc12. The monoisotopic (exact) mass is 1880 g/mol. The average Bonchev–Trinajstić information content (AvgIpc) is 3.71. The fourth-order valence-electron chi connectivity index (χ4n) is 8.97. The molecule has 0 atom stereocenters. The molecule has 0 aliphatic heterocycles. The van der Waals surface area contributed by atoms with Gasteiger partial charge in [-0.2, -0.15) is 0 Å². The van der Waals surface area contributed by atoms with Crippen molar-refractivity contribution in [1.82, 2.24) is 19.9 Å². The number of aryl methyl sites for hydroxylation is 1. The molecule has 4 heterocycles. The number of hydrogen-bond acceptors (Lipinski definition) is 8. The maximum absolute atomic E-state index is 10.0. The molecule has 11 rings (SSSR count). The maximum atomic E-state index is 10.0. The van der Waals surface area contributed by atoms with Crippen molar-refractivity contribution in [2.45, 2.75) is 106 Å². The van der Waals surface area contributed by atoms with Crippen LogP contribution in [0.25, 0.3) is 77.0 Å². The molecule has 0 saturated carbocycles. The molecular weight excluding hydrogens is 1800 g/mol. The van der Waals surface area contributed by atoms with Gasteiger partial charge in [0.25, 0.3) is 0 Å². The van der Waals surface area contributed by atoms with Crippen molar-refractivity contribution in [3.05, 3.63) is 266 Å². The van der Waals surface area contributed by atoms with Crippen molar-refractivity contribution in [2.24, 2.45) is 0 Å². The molecule has 0 aliphatic carbocycles. The van der Waals surface area contributed by atoms with Crippen LogP contribution < -0.4 is 0 Å². The van der Waals surface area contributed by atoms with Crippen LogP contribution in [0.2, 0.25) is 0 Å². The number of pyridine rings is 4. The van der Waals surface area contributed by atoms with Crippen molar-refractivity contribution in [2.75, 3.05) is 0 Å². The van der Waals surface area contributed by atoms with E-state index < -0.39 is 0 Å². The summed E-state index contributed by atoms with van der Waals surface area (Å²) in [6.07, 6.45) is 19.0. The summed E-state index contributed by atoms with van der Waals surface area (Å²) in [6.45, 7) is 14.6. The zero-order valence-corrected chi connectivity index (χ0v) is 60.6. The molecule has 0 amide bonds. The van der Waals surface area contributed by atoms with Gasteiger partial charge in [-0.05, 0) is 107 Å². The first kappa shape index (κ1) is 77.3. The molecule has 0 aliphatic rings. The van der Waals surface area contributed by atoms with Gasteiger partial charge in [-0.1, -0.05) is 152 Å². The molecule has 88 heavy (non-hydrogen) atoms. The van der Waals surface area contributed by atoms with Crippen molar-refractivity contribution >= 4 is 54.8 Å². The minimum atomic E-state index is -0.125. The van der Waals surface area contributed by atoms with E-state index in [-0.39, 0.29) is 109 Å². The molecule has 4 radical (unpaired) electrons. The van der Waals surface area contributed by atoms with Gasteiger partial charge < -0.3 is 30.1 Å². The summed E-state index contributed by atoms with van der Waals surface area (Å²) in [6, 6.07) is 74.9. The zero-order valence-electron chi connectivity index (χ0n) is 51.1. The predicted molar refractivity (Wildman–Crippen MR) is 349 cm³/mol. The van der Waals surface area contributed by atoms with Gasteiger partial charge in [0.1, 0.15) is 0 Å². The van der Waals surface area contributed by atoms with E-state index in [0.717, 1.165) is 44.7 Å². The second-order valence-electron chi connectivity index (χ2n) is 21.2. The molecule has 0 unspecified atom stereocenters. The van der Waals surface area contributed by atoms with Gasteiger partial charge in [0.15, 0.2) is 11.6 Å². The van der Waals surface area contributed by atoms with E-state index in [1.165, 1.54) is 128 Å². The topological polar surface area (TPSA) is 126 Å². The first-order chi connectivity index (χ1) is 40.6. The van der Waals surface area contributed by atoms with Crippen LogP contribution in [-0.4, -0.2) is 41.7 Å². The predicted octanol–water partition coefficient (Wildman–Crippen LogP) is 19.4. The van der Waals surface area contributed by atoms with E-state index in [9.17, 15) is 9.59 Å². The van der Waals surface area contributed by atoms with Crippen molar-refractivity contribution in [3.63, 3.8) is 0 Å². The molecule has 0 fully saturated rings. The van der Waals surface area contributed by atoms with Crippen molar-refractivity contribution < 1.29 is 100 Å².